The van der Waals surface area contributed by atoms with Crippen molar-refractivity contribution in [3.8, 4) is 0 Å². The van der Waals surface area contributed by atoms with E-state index in [1.807, 2.05) is 0 Å². The minimum atomic E-state index is 0.506. The topological polar surface area (TPSA) is 15.3 Å². The van der Waals surface area contributed by atoms with Gasteiger partial charge in [0.2, 0.25) is 0 Å². The van der Waals surface area contributed by atoms with Crippen LogP contribution in [0.2, 0.25) is 0 Å². The molecule has 0 radical (unpaired) electrons. The van der Waals surface area contributed by atoms with Crippen LogP contribution in [-0.2, 0) is 6.54 Å². The first-order valence-corrected chi connectivity index (χ1v) is 8.53. The second kappa shape index (κ2) is 8.68. The molecular formula is C17H29BrN2. The van der Waals surface area contributed by atoms with E-state index in [1.165, 1.54) is 17.7 Å². The summed E-state index contributed by atoms with van der Waals surface area (Å²) in [6.45, 7) is 14.3. The van der Waals surface area contributed by atoms with E-state index in [0.717, 1.165) is 30.0 Å². The van der Waals surface area contributed by atoms with Gasteiger partial charge in [0.05, 0.1) is 0 Å². The quantitative estimate of drug-likeness (QED) is 0.729. The van der Waals surface area contributed by atoms with Gasteiger partial charge in [-0.15, -0.1) is 0 Å². The van der Waals surface area contributed by atoms with Crippen LogP contribution in [0.15, 0.2) is 22.7 Å². The lowest BCUT2D eigenvalue weighted by molar-refractivity contribution is 0.544. The lowest BCUT2D eigenvalue weighted by Gasteiger charge is -2.29. The van der Waals surface area contributed by atoms with Gasteiger partial charge in [-0.3, -0.25) is 0 Å². The predicted molar refractivity (Wildman–Crippen MR) is 93.5 cm³/mol. The molecule has 0 spiro atoms. The van der Waals surface area contributed by atoms with Crippen LogP contribution in [0.4, 0.5) is 5.69 Å². The number of benzene rings is 1. The number of hydrogen-bond acceptors (Lipinski definition) is 2. The van der Waals surface area contributed by atoms with Gasteiger partial charge in [-0.1, -0.05) is 50.0 Å². The molecule has 1 rings (SSSR count). The van der Waals surface area contributed by atoms with Crippen LogP contribution in [0.25, 0.3) is 0 Å². The summed E-state index contributed by atoms with van der Waals surface area (Å²) in [5.74, 6) is 0.726. The molecule has 0 heterocycles. The van der Waals surface area contributed by atoms with E-state index in [1.54, 1.807) is 0 Å². The number of nitrogens with zero attached hydrogens (tertiary/aromatic N) is 1. The third kappa shape index (κ3) is 5.45. The first kappa shape index (κ1) is 17.5. The zero-order valence-corrected chi connectivity index (χ0v) is 15.1. The first-order chi connectivity index (χ1) is 9.47. The summed E-state index contributed by atoms with van der Waals surface area (Å²) in [5, 5.41) is 3.53. The Hall–Kier alpha value is -0.540. The Morgan fingerprint density at radius 2 is 1.90 bits per heavy atom. The largest absolute Gasteiger partial charge is 0.371 e. The van der Waals surface area contributed by atoms with Crippen LogP contribution >= 0.6 is 15.9 Å². The fraction of sp³-hybridized carbons (Fsp3) is 0.647. The molecule has 0 fully saturated rings. The number of nitrogens with one attached hydrogen (secondary N) is 1. The molecule has 0 saturated heterocycles. The Bertz CT molecular complexity index is 404. The standard InChI is InChI=1S/C17H29BrN2/c1-6-14(5)12-20(7-2)17-9-8-16(18)10-15(17)11-19-13(3)4/h8-10,13-14,19H,6-7,11-12H2,1-5H3. The molecule has 0 aliphatic heterocycles. The third-order valence-corrected chi connectivity index (χ3v) is 4.19. The van der Waals surface area contributed by atoms with Crippen LogP contribution in [0.3, 0.4) is 0 Å². The number of anilines is 1. The van der Waals surface area contributed by atoms with Crippen molar-refractivity contribution in [2.24, 2.45) is 5.92 Å². The highest BCUT2D eigenvalue weighted by atomic mass is 79.9. The van der Waals surface area contributed by atoms with Crippen LogP contribution in [0, 0.1) is 5.92 Å². The second-order valence-corrected chi connectivity index (χ2v) is 6.78. The van der Waals surface area contributed by atoms with Gasteiger partial charge in [-0.2, -0.15) is 0 Å². The maximum Gasteiger partial charge on any atom is 0.0412 e. The summed E-state index contributed by atoms with van der Waals surface area (Å²) >= 11 is 3.59. The summed E-state index contributed by atoms with van der Waals surface area (Å²) in [6, 6.07) is 7.14. The van der Waals surface area contributed by atoms with Crippen molar-refractivity contribution in [3.05, 3.63) is 28.2 Å². The highest BCUT2D eigenvalue weighted by Gasteiger charge is 2.13. The minimum Gasteiger partial charge on any atom is -0.371 e. The van der Waals surface area contributed by atoms with Gasteiger partial charge in [0, 0.05) is 35.8 Å². The van der Waals surface area contributed by atoms with Crippen molar-refractivity contribution in [2.45, 2.75) is 53.6 Å². The van der Waals surface area contributed by atoms with Gasteiger partial charge in [0.1, 0.15) is 0 Å². The molecule has 1 aromatic rings. The van der Waals surface area contributed by atoms with E-state index in [0.29, 0.717) is 6.04 Å². The van der Waals surface area contributed by atoms with Gasteiger partial charge in [-0.25, -0.2) is 0 Å². The van der Waals surface area contributed by atoms with Crippen molar-refractivity contribution >= 4 is 21.6 Å². The summed E-state index contributed by atoms with van der Waals surface area (Å²) in [4.78, 5) is 2.50. The van der Waals surface area contributed by atoms with Crippen molar-refractivity contribution < 1.29 is 0 Å². The monoisotopic (exact) mass is 340 g/mol. The fourth-order valence-electron chi connectivity index (χ4n) is 2.22. The van der Waals surface area contributed by atoms with Gasteiger partial charge in [-0.05, 0) is 36.6 Å². The van der Waals surface area contributed by atoms with E-state index in [9.17, 15) is 0 Å². The number of rotatable bonds is 8. The molecule has 114 valence electrons. The maximum atomic E-state index is 3.59. The zero-order valence-electron chi connectivity index (χ0n) is 13.5. The summed E-state index contributed by atoms with van der Waals surface area (Å²) < 4.78 is 1.15. The Labute approximate surface area is 133 Å². The molecule has 2 nitrogen and oxygen atoms in total. The zero-order chi connectivity index (χ0) is 15.1. The van der Waals surface area contributed by atoms with Crippen LogP contribution < -0.4 is 10.2 Å². The van der Waals surface area contributed by atoms with E-state index in [-0.39, 0.29) is 0 Å². The molecular weight excluding hydrogens is 312 g/mol. The molecule has 3 heteroatoms. The summed E-state index contributed by atoms with van der Waals surface area (Å²) in [6.07, 6.45) is 1.23. The normalized spacial score (nSPS) is 12.8. The third-order valence-electron chi connectivity index (χ3n) is 3.69. The summed E-state index contributed by atoms with van der Waals surface area (Å²) in [7, 11) is 0. The second-order valence-electron chi connectivity index (χ2n) is 5.86. The molecule has 0 saturated carbocycles. The maximum absolute atomic E-state index is 3.59. The van der Waals surface area contributed by atoms with Gasteiger partial charge in [0.25, 0.3) is 0 Å². The Kier molecular flexibility index (Phi) is 7.60. The van der Waals surface area contributed by atoms with Crippen molar-refractivity contribution in [3.63, 3.8) is 0 Å². The number of hydrogen-bond donors (Lipinski definition) is 1. The average molecular weight is 341 g/mol. The minimum absolute atomic E-state index is 0.506. The Morgan fingerprint density at radius 1 is 1.20 bits per heavy atom. The fourth-order valence-corrected chi connectivity index (χ4v) is 2.63. The predicted octanol–water partition coefficient (Wildman–Crippen LogP) is 4.82. The lowest BCUT2D eigenvalue weighted by atomic mass is 10.1. The Balaban J connectivity index is 2.94. The first-order valence-electron chi connectivity index (χ1n) is 7.74. The number of halogens is 1. The highest BCUT2D eigenvalue weighted by molar-refractivity contribution is 9.10. The van der Waals surface area contributed by atoms with Crippen molar-refractivity contribution in [2.75, 3.05) is 18.0 Å². The SMILES string of the molecule is CCC(C)CN(CC)c1ccc(Br)cc1CNC(C)C. The van der Waals surface area contributed by atoms with Crippen molar-refractivity contribution in [1.29, 1.82) is 0 Å². The van der Waals surface area contributed by atoms with Gasteiger partial charge in [0.15, 0.2) is 0 Å². The summed E-state index contributed by atoms with van der Waals surface area (Å²) in [5.41, 5.74) is 2.74. The van der Waals surface area contributed by atoms with E-state index in [4.69, 9.17) is 0 Å². The van der Waals surface area contributed by atoms with Gasteiger partial charge >= 0.3 is 0 Å². The molecule has 1 atom stereocenters. The average Bonchev–Trinajstić information content (AvgIpc) is 2.42. The van der Waals surface area contributed by atoms with E-state index >= 15 is 0 Å². The molecule has 1 unspecified atom stereocenters. The molecule has 1 N–H and O–H groups in total. The van der Waals surface area contributed by atoms with Crippen LogP contribution in [0.5, 0.6) is 0 Å². The van der Waals surface area contributed by atoms with Gasteiger partial charge < -0.3 is 10.2 Å². The van der Waals surface area contributed by atoms with E-state index < -0.39 is 0 Å². The molecule has 0 aliphatic carbocycles. The molecule has 0 aromatic heterocycles. The van der Waals surface area contributed by atoms with E-state index in [2.05, 4.69) is 79.0 Å². The highest BCUT2D eigenvalue weighted by Crippen LogP contribution is 2.26. The van der Waals surface area contributed by atoms with Crippen LogP contribution in [0.1, 0.15) is 46.6 Å². The molecule has 0 amide bonds. The molecule has 1 aromatic carbocycles. The smallest absolute Gasteiger partial charge is 0.0412 e. The molecule has 0 bridgehead atoms. The van der Waals surface area contributed by atoms with Crippen molar-refractivity contribution in [1.82, 2.24) is 5.32 Å². The molecule has 20 heavy (non-hydrogen) atoms. The lowest BCUT2D eigenvalue weighted by Crippen LogP contribution is -2.30. The Morgan fingerprint density at radius 3 is 2.45 bits per heavy atom. The molecule has 0 aliphatic rings. The van der Waals surface area contributed by atoms with Crippen LogP contribution in [-0.4, -0.2) is 19.1 Å².